The Hall–Kier alpha value is -2.05. The summed E-state index contributed by atoms with van der Waals surface area (Å²) in [6.07, 6.45) is 1.91. The number of hydrogen-bond donors (Lipinski definition) is 2. The van der Waals surface area contributed by atoms with Gasteiger partial charge in [-0.15, -0.1) is 11.3 Å². The van der Waals surface area contributed by atoms with Crippen LogP contribution < -0.4 is 15.4 Å². The molecular weight excluding hydrogens is 394 g/mol. The Morgan fingerprint density at radius 2 is 2.00 bits per heavy atom. The van der Waals surface area contributed by atoms with Crippen LogP contribution in [-0.4, -0.2) is 46.4 Å². The summed E-state index contributed by atoms with van der Waals surface area (Å²) in [4.78, 5) is 5.85. The molecule has 0 bridgehead atoms. The molecule has 1 aromatic heterocycles. The molecule has 1 fully saturated rings. The number of aliphatic imine (C=N–C) groups is 1. The zero-order valence-corrected chi connectivity index (χ0v) is 19.7. The van der Waals surface area contributed by atoms with Crippen LogP contribution in [0.3, 0.4) is 0 Å². The van der Waals surface area contributed by atoms with E-state index in [9.17, 15) is 0 Å². The van der Waals surface area contributed by atoms with Gasteiger partial charge in [-0.25, -0.2) is 0 Å². The Labute approximate surface area is 184 Å². The highest BCUT2D eigenvalue weighted by atomic mass is 32.1. The molecule has 0 spiro atoms. The number of rotatable bonds is 7. The van der Waals surface area contributed by atoms with Crippen molar-refractivity contribution in [1.29, 1.82) is 0 Å². The second-order valence-electron chi connectivity index (χ2n) is 8.74. The highest BCUT2D eigenvalue weighted by Gasteiger charge is 2.37. The number of methoxy groups -OCH3 is 1. The fraction of sp³-hybridized carbons (Fsp3) is 0.542. The molecule has 3 rings (SSSR count). The topological polar surface area (TPSA) is 54.9 Å². The zero-order chi connectivity index (χ0) is 21.6. The van der Waals surface area contributed by atoms with Gasteiger partial charge in [-0.2, -0.15) is 0 Å². The predicted octanol–water partition coefficient (Wildman–Crippen LogP) is 4.26. The Balaban J connectivity index is 1.73. The molecule has 0 radical (unpaired) electrons. The maximum Gasteiger partial charge on any atom is 0.191 e. The first kappa shape index (κ1) is 22.6. The van der Waals surface area contributed by atoms with Crippen LogP contribution in [0.5, 0.6) is 5.75 Å². The molecule has 0 atom stereocenters. The normalized spacial score (nSPS) is 16.9. The fourth-order valence-electron chi connectivity index (χ4n) is 4.07. The summed E-state index contributed by atoms with van der Waals surface area (Å²) in [5.74, 6) is 1.78. The van der Waals surface area contributed by atoms with E-state index in [1.165, 1.54) is 16.0 Å². The Kier molecular flexibility index (Phi) is 7.42. The van der Waals surface area contributed by atoms with Gasteiger partial charge in [-0.1, -0.05) is 37.6 Å². The quantitative estimate of drug-likeness (QED) is 0.510. The van der Waals surface area contributed by atoms with Crippen molar-refractivity contribution in [3.8, 4) is 5.75 Å². The van der Waals surface area contributed by atoms with E-state index in [4.69, 9.17) is 9.47 Å². The number of benzene rings is 1. The first-order valence-corrected chi connectivity index (χ1v) is 11.5. The van der Waals surface area contributed by atoms with Crippen LogP contribution in [-0.2, 0) is 15.6 Å². The molecule has 0 saturated carbocycles. The van der Waals surface area contributed by atoms with Gasteiger partial charge in [-0.3, -0.25) is 4.99 Å². The lowest BCUT2D eigenvalue weighted by atomic mass is 9.73. The first-order valence-electron chi connectivity index (χ1n) is 10.6. The molecule has 2 aromatic rings. The smallest absolute Gasteiger partial charge is 0.191 e. The SMILES string of the molecule is CN=C(NCC(C)(C)c1cccs1)NCC1(c2cc(C)ccc2OC)CCOCC1. The molecule has 0 aliphatic carbocycles. The van der Waals surface area contributed by atoms with Gasteiger partial charge in [0.15, 0.2) is 5.96 Å². The monoisotopic (exact) mass is 429 g/mol. The molecule has 1 aromatic carbocycles. The van der Waals surface area contributed by atoms with Crippen LogP contribution in [0.25, 0.3) is 0 Å². The molecule has 5 nitrogen and oxygen atoms in total. The fourth-order valence-corrected chi connectivity index (χ4v) is 4.92. The lowest BCUT2D eigenvalue weighted by molar-refractivity contribution is 0.0505. The van der Waals surface area contributed by atoms with Crippen LogP contribution in [0, 0.1) is 6.92 Å². The minimum absolute atomic E-state index is 0.0436. The molecule has 6 heteroatoms. The van der Waals surface area contributed by atoms with E-state index >= 15 is 0 Å². The summed E-state index contributed by atoms with van der Waals surface area (Å²) < 4.78 is 11.4. The van der Waals surface area contributed by atoms with Crippen molar-refractivity contribution < 1.29 is 9.47 Å². The molecule has 1 aliphatic rings. The van der Waals surface area contributed by atoms with E-state index in [1.807, 2.05) is 7.05 Å². The van der Waals surface area contributed by atoms with Crippen molar-refractivity contribution in [2.24, 2.45) is 4.99 Å². The third-order valence-electron chi connectivity index (χ3n) is 6.08. The average Bonchev–Trinajstić information content (AvgIpc) is 3.30. The molecule has 1 aliphatic heterocycles. The lowest BCUT2D eigenvalue weighted by Gasteiger charge is -2.39. The van der Waals surface area contributed by atoms with Crippen molar-refractivity contribution in [2.75, 3.05) is 40.5 Å². The van der Waals surface area contributed by atoms with E-state index in [2.05, 4.69) is 72.1 Å². The highest BCUT2D eigenvalue weighted by Crippen LogP contribution is 2.40. The van der Waals surface area contributed by atoms with Crippen LogP contribution in [0.1, 0.15) is 42.7 Å². The van der Waals surface area contributed by atoms with E-state index in [-0.39, 0.29) is 10.8 Å². The summed E-state index contributed by atoms with van der Waals surface area (Å²) in [5, 5.41) is 9.26. The van der Waals surface area contributed by atoms with E-state index < -0.39 is 0 Å². The van der Waals surface area contributed by atoms with Gasteiger partial charge in [0.05, 0.1) is 7.11 Å². The number of nitrogens with one attached hydrogen (secondary N) is 2. The van der Waals surface area contributed by atoms with E-state index in [0.717, 1.165) is 50.9 Å². The largest absolute Gasteiger partial charge is 0.496 e. The van der Waals surface area contributed by atoms with E-state index in [1.54, 1.807) is 18.4 Å². The third kappa shape index (κ3) is 5.16. The zero-order valence-electron chi connectivity index (χ0n) is 18.9. The van der Waals surface area contributed by atoms with Crippen molar-refractivity contribution in [1.82, 2.24) is 10.6 Å². The first-order chi connectivity index (χ1) is 14.4. The Morgan fingerprint density at radius 1 is 1.23 bits per heavy atom. The van der Waals surface area contributed by atoms with E-state index in [0.29, 0.717) is 0 Å². The number of thiophene rings is 1. The number of hydrogen-bond acceptors (Lipinski definition) is 4. The number of guanidine groups is 1. The molecule has 30 heavy (non-hydrogen) atoms. The van der Waals surface area contributed by atoms with Crippen LogP contribution in [0.4, 0.5) is 0 Å². The second kappa shape index (κ2) is 9.84. The maximum absolute atomic E-state index is 5.73. The molecule has 164 valence electrons. The number of nitrogens with zero attached hydrogens (tertiary/aromatic N) is 1. The summed E-state index contributed by atoms with van der Waals surface area (Å²) in [7, 11) is 3.58. The third-order valence-corrected chi connectivity index (χ3v) is 7.32. The van der Waals surface area contributed by atoms with Crippen LogP contribution in [0.2, 0.25) is 0 Å². The van der Waals surface area contributed by atoms with Gasteiger partial charge in [0.2, 0.25) is 0 Å². The molecule has 2 heterocycles. The summed E-state index contributed by atoms with van der Waals surface area (Å²) in [6.45, 7) is 9.78. The standard InChI is InChI=1S/C24H35N3O2S/c1-18-8-9-20(28-5)19(15-18)24(10-12-29-13-11-24)17-27-22(25-4)26-16-23(2,3)21-7-6-14-30-21/h6-9,14-15H,10-13,16-17H2,1-5H3,(H2,25,26,27). The average molecular weight is 430 g/mol. The van der Waals surface area contributed by atoms with Crippen molar-refractivity contribution in [3.05, 3.63) is 51.7 Å². The Bertz CT molecular complexity index is 840. The lowest BCUT2D eigenvalue weighted by Crippen LogP contribution is -2.49. The van der Waals surface area contributed by atoms with Crippen molar-refractivity contribution in [2.45, 2.75) is 44.4 Å². The van der Waals surface area contributed by atoms with Crippen LogP contribution in [0.15, 0.2) is 40.7 Å². The molecule has 0 unspecified atom stereocenters. The van der Waals surface area contributed by atoms with Gasteiger partial charge in [-0.05, 0) is 37.3 Å². The van der Waals surface area contributed by atoms with Gasteiger partial charge in [0.25, 0.3) is 0 Å². The summed E-state index contributed by atoms with van der Waals surface area (Å²) in [6, 6.07) is 10.8. The van der Waals surface area contributed by atoms with Gasteiger partial charge in [0.1, 0.15) is 5.75 Å². The van der Waals surface area contributed by atoms with Gasteiger partial charge < -0.3 is 20.1 Å². The minimum Gasteiger partial charge on any atom is -0.496 e. The molecule has 2 N–H and O–H groups in total. The maximum atomic E-state index is 5.73. The van der Waals surface area contributed by atoms with Crippen molar-refractivity contribution >= 4 is 17.3 Å². The second-order valence-corrected chi connectivity index (χ2v) is 9.68. The molecular formula is C24H35N3O2S. The summed E-state index contributed by atoms with van der Waals surface area (Å²) >= 11 is 1.80. The van der Waals surface area contributed by atoms with Crippen LogP contribution >= 0.6 is 11.3 Å². The number of aryl methyl sites for hydroxylation is 1. The minimum atomic E-state index is -0.0451. The highest BCUT2D eigenvalue weighted by molar-refractivity contribution is 7.10. The number of ether oxygens (including phenoxy) is 2. The van der Waals surface area contributed by atoms with Crippen molar-refractivity contribution in [3.63, 3.8) is 0 Å². The summed E-state index contributed by atoms with van der Waals surface area (Å²) in [5.41, 5.74) is 2.50. The Morgan fingerprint density at radius 3 is 2.63 bits per heavy atom. The molecule has 0 amide bonds. The van der Waals surface area contributed by atoms with Gasteiger partial charge in [0, 0.05) is 54.6 Å². The molecule has 1 saturated heterocycles. The predicted molar refractivity (Wildman–Crippen MR) is 126 cm³/mol. The van der Waals surface area contributed by atoms with Gasteiger partial charge >= 0.3 is 0 Å².